The zero-order valence-electron chi connectivity index (χ0n) is 8.90. The van der Waals surface area contributed by atoms with Crippen LogP contribution >= 0.6 is 12.4 Å². The molecule has 1 rings (SSSR count). The minimum atomic E-state index is -0.689. The molecule has 86 valence electrons. The van der Waals surface area contributed by atoms with Crippen molar-refractivity contribution in [2.24, 2.45) is 5.73 Å². The predicted octanol–water partition coefficient (Wildman–Crippen LogP) is 2.33. The number of halogens is 2. The Hall–Kier alpha value is -0.640. The lowest BCUT2D eigenvalue weighted by Gasteiger charge is -2.18. The van der Waals surface area contributed by atoms with Gasteiger partial charge in [0.05, 0.1) is 12.1 Å². The lowest BCUT2D eigenvalue weighted by Crippen LogP contribution is -2.26. The second-order valence-electron chi connectivity index (χ2n) is 3.53. The van der Waals surface area contributed by atoms with Crippen molar-refractivity contribution >= 4 is 12.4 Å². The molecule has 0 spiro atoms. The number of aryl methyl sites for hydroxylation is 1. The highest BCUT2D eigenvalue weighted by Crippen LogP contribution is 2.20. The first-order valence-corrected chi connectivity index (χ1v) is 4.76. The summed E-state index contributed by atoms with van der Waals surface area (Å²) in [6.45, 7) is 3.69. The Kier molecular flexibility index (Phi) is 5.80. The van der Waals surface area contributed by atoms with Gasteiger partial charge in [-0.25, -0.2) is 4.39 Å². The third-order valence-electron chi connectivity index (χ3n) is 2.34. The maximum atomic E-state index is 13.3. The molecule has 2 nitrogen and oxygen atoms in total. The Morgan fingerprint density at radius 3 is 2.60 bits per heavy atom. The third-order valence-corrected chi connectivity index (χ3v) is 2.34. The summed E-state index contributed by atoms with van der Waals surface area (Å²) in [4.78, 5) is 0. The smallest absolute Gasteiger partial charge is 0.128 e. The van der Waals surface area contributed by atoms with Crippen molar-refractivity contribution in [3.05, 3.63) is 35.1 Å². The van der Waals surface area contributed by atoms with E-state index in [0.29, 0.717) is 12.0 Å². The number of aliphatic hydroxyl groups excluding tert-OH is 1. The minimum Gasteiger partial charge on any atom is -0.391 e. The molecule has 4 heteroatoms. The van der Waals surface area contributed by atoms with Crippen molar-refractivity contribution in [3.63, 3.8) is 0 Å². The van der Waals surface area contributed by atoms with Crippen LogP contribution in [0.15, 0.2) is 18.2 Å². The summed E-state index contributed by atoms with van der Waals surface area (Å²) in [7, 11) is 0. The molecule has 0 bridgehead atoms. The Morgan fingerprint density at radius 2 is 2.07 bits per heavy atom. The molecule has 0 unspecified atom stereocenters. The van der Waals surface area contributed by atoms with Crippen molar-refractivity contribution in [1.82, 2.24) is 0 Å². The Labute approximate surface area is 95.7 Å². The van der Waals surface area contributed by atoms with Crippen molar-refractivity contribution in [2.45, 2.75) is 32.4 Å². The summed E-state index contributed by atoms with van der Waals surface area (Å²) < 4.78 is 13.3. The second-order valence-corrected chi connectivity index (χ2v) is 3.53. The van der Waals surface area contributed by atoms with Crippen molar-refractivity contribution < 1.29 is 9.50 Å². The number of benzene rings is 1. The molecule has 0 aromatic heterocycles. The molecule has 1 aromatic rings. The molecule has 0 aliphatic carbocycles. The highest BCUT2D eigenvalue weighted by molar-refractivity contribution is 5.85. The standard InChI is InChI=1S/C11H16FNO.ClH/c1-3-10(14)11(13)8-6-7(2)4-5-9(8)12;/h4-6,10-11,14H,3,13H2,1-2H3;1H/t10-,11+;/m1./s1. The predicted molar refractivity (Wildman–Crippen MR) is 61.6 cm³/mol. The van der Waals surface area contributed by atoms with Crippen LogP contribution in [0.1, 0.15) is 30.5 Å². The number of aliphatic hydroxyl groups is 1. The maximum Gasteiger partial charge on any atom is 0.128 e. The summed E-state index contributed by atoms with van der Waals surface area (Å²) in [5, 5.41) is 9.50. The van der Waals surface area contributed by atoms with E-state index in [4.69, 9.17) is 5.73 Å². The molecule has 3 N–H and O–H groups in total. The van der Waals surface area contributed by atoms with E-state index in [-0.39, 0.29) is 18.2 Å². The van der Waals surface area contributed by atoms with Crippen LogP contribution in [0.25, 0.3) is 0 Å². The van der Waals surface area contributed by atoms with Gasteiger partial charge < -0.3 is 10.8 Å². The highest BCUT2D eigenvalue weighted by atomic mass is 35.5. The van der Waals surface area contributed by atoms with Gasteiger partial charge in [0.1, 0.15) is 5.82 Å². The van der Waals surface area contributed by atoms with Crippen LogP contribution in [0.3, 0.4) is 0 Å². The first kappa shape index (κ1) is 14.4. The van der Waals surface area contributed by atoms with Gasteiger partial charge in [0.15, 0.2) is 0 Å². The van der Waals surface area contributed by atoms with E-state index in [2.05, 4.69) is 0 Å². The summed E-state index contributed by atoms with van der Waals surface area (Å²) >= 11 is 0. The molecule has 15 heavy (non-hydrogen) atoms. The molecule has 0 saturated heterocycles. The SMILES string of the molecule is CC[C@@H](O)[C@@H](N)c1cc(C)ccc1F.Cl. The van der Waals surface area contributed by atoms with Crippen LogP contribution in [0, 0.1) is 12.7 Å². The van der Waals surface area contributed by atoms with Gasteiger partial charge in [-0.1, -0.05) is 24.6 Å². The third kappa shape index (κ3) is 3.45. The number of hydrogen-bond acceptors (Lipinski definition) is 2. The largest absolute Gasteiger partial charge is 0.391 e. The fraction of sp³-hybridized carbons (Fsp3) is 0.455. The van der Waals surface area contributed by atoms with Gasteiger partial charge in [-0.2, -0.15) is 0 Å². The number of nitrogens with two attached hydrogens (primary N) is 1. The quantitative estimate of drug-likeness (QED) is 0.842. The van der Waals surface area contributed by atoms with Crippen molar-refractivity contribution in [3.8, 4) is 0 Å². The fourth-order valence-corrected chi connectivity index (χ4v) is 1.38. The van der Waals surface area contributed by atoms with Gasteiger partial charge in [0.2, 0.25) is 0 Å². The van der Waals surface area contributed by atoms with Crippen molar-refractivity contribution in [2.75, 3.05) is 0 Å². The average molecular weight is 234 g/mol. The number of rotatable bonds is 3. The molecule has 0 saturated carbocycles. The van der Waals surface area contributed by atoms with Crippen LogP contribution in [0.4, 0.5) is 4.39 Å². The van der Waals surface area contributed by atoms with E-state index in [1.165, 1.54) is 6.07 Å². The molecule has 1 aromatic carbocycles. The van der Waals surface area contributed by atoms with Gasteiger partial charge in [0, 0.05) is 5.56 Å². The lowest BCUT2D eigenvalue weighted by molar-refractivity contribution is 0.139. The van der Waals surface area contributed by atoms with Gasteiger partial charge >= 0.3 is 0 Å². The zero-order chi connectivity index (χ0) is 10.7. The van der Waals surface area contributed by atoms with Crippen LogP contribution in [0.5, 0.6) is 0 Å². The molecule has 0 aliphatic rings. The normalized spacial score (nSPS) is 14.2. The molecule has 0 aliphatic heterocycles. The van der Waals surface area contributed by atoms with Crippen molar-refractivity contribution in [1.29, 1.82) is 0 Å². The summed E-state index contributed by atoms with van der Waals surface area (Å²) in [6.07, 6.45) is -0.166. The topological polar surface area (TPSA) is 46.2 Å². The Bertz CT molecular complexity index is 319. The van der Waals surface area contributed by atoms with Crippen LogP contribution in [-0.2, 0) is 0 Å². The van der Waals surface area contributed by atoms with Crippen LogP contribution in [-0.4, -0.2) is 11.2 Å². The van der Waals surface area contributed by atoms with Gasteiger partial charge in [-0.3, -0.25) is 0 Å². The van der Waals surface area contributed by atoms with Gasteiger partial charge in [-0.15, -0.1) is 12.4 Å². The molecular formula is C11H17ClFNO. The Morgan fingerprint density at radius 1 is 1.47 bits per heavy atom. The van der Waals surface area contributed by atoms with E-state index in [1.54, 1.807) is 12.1 Å². The maximum absolute atomic E-state index is 13.3. The molecule has 0 radical (unpaired) electrons. The van der Waals surface area contributed by atoms with E-state index in [0.717, 1.165) is 5.56 Å². The molecule has 0 amide bonds. The molecular weight excluding hydrogens is 217 g/mol. The first-order chi connectivity index (χ1) is 6.56. The van der Waals surface area contributed by atoms with E-state index < -0.39 is 12.1 Å². The van der Waals surface area contributed by atoms with E-state index in [1.807, 2.05) is 13.8 Å². The summed E-state index contributed by atoms with van der Waals surface area (Å²) in [5.41, 5.74) is 7.06. The lowest BCUT2D eigenvalue weighted by atomic mass is 9.98. The zero-order valence-corrected chi connectivity index (χ0v) is 9.72. The van der Waals surface area contributed by atoms with E-state index in [9.17, 15) is 9.50 Å². The Balaban J connectivity index is 0.00000196. The minimum absolute atomic E-state index is 0. The first-order valence-electron chi connectivity index (χ1n) is 4.76. The second kappa shape index (κ2) is 6.05. The van der Waals surface area contributed by atoms with Gasteiger partial charge in [0.25, 0.3) is 0 Å². The number of hydrogen-bond donors (Lipinski definition) is 2. The molecule has 2 atom stereocenters. The van der Waals surface area contributed by atoms with Crippen LogP contribution in [0.2, 0.25) is 0 Å². The summed E-state index contributed by atoms with van der Waals surface area (Å²) in [5.74, 6) is -0.351. The monoisotopic (exact) mass is 233 g/mol. The molecule has 0 fully saturated rings. The van der Waals surface area contributed by atoms with E-state index >= 15 is 0 Å². The average Bonchev–Trinajstić information content (AvgIpc) is 2.19. The van der Waals surface area contributed by atoms with Crippen LogP contribution < -0.4 is 5.73 Å². The fourth-order valence-electron chi connectivity index (χ4n) is 1.38. The molecule has 0 heterocycles. The summed E-state index contributed by atoms with van der Waals surface area (Å²) in [6, 6.07) is 4.11. The highest BCUT2D eigenvalue weighted by Gasteiger charge is 2.18. The van der Waals surface area contributed by atoms with Gasteiger partial charge in [-0.05, 0) is 19.4 Å².